The first kappa shape index (κ1) is 12.7. The van der Waals surface area contributed by atoms with Gasteiger partial charge in [0.15, 0.2) is 0 Å². The van der Waals surface area contributed by atoms with Gasteiger partial charge in [-0.05, 0) is 32.3 Å². The third kappa shape index (κ3) is 1.84. The summed E-state index contributed by atoms with van der Waals surface area (Å²) in [5.41, 5.74) is 9.48. The molecule has 0 spiro atoms. The number of benzene rings is 1. The maximum absolute atomic E-state index is 6.28. The molecule has 2 rings (SSSR count). The first-order valence-electron chi connectivity index (χ1n) is 6.10. The minimum Gasteiger partial charge on any atom is -0.496 e. The smallest absolute Gasteiger partial charge is 0.127 e. The van der Waals surface area contributed by atoms with Crippen LogP contribution >= 0.6 is 11.6 Å². The summed E-state index contributed by atoms with van der Waals surface area (Å²) in [6.07, 6.45) is 3.56. The second kappa shape index (κ2) is 4.51. The molecule has 1 fully saturated rings. The highest BCUT2D eigenvalue weighted by Crippen LogP contribution is 2.48. The minimum atomic E-state index is 0.117. The lowest BCUT2D eigenvalue weighted by molar-refractivity contribution is 0.243. The first-order chi connectivity index (χ1) is 8.05. The van der Waals surface area contributed by atoms with E-state index in [2.05, 4.69) is 6.07 Å². The normalized spacial score (nSPS) is 17.7. The molecule has 0 radical (unpaired) electrons. The summed E-state index contributed by atoms with van der Waals surface area (Å²) in [6.45, 7) is 4.74. The van der Waals surface area contributed by atoms with Crippen LogP contribution in [-0.4, -0.2) is 13.7 Å². The molecule has 1 aliphatic carbocycles. The second-order valence-corrected chi connectivity index (χ2v) is 5.43. The Morgan fingerprint density at radius 3 is 2.47 bits per heavy atom. The Bertz CT molecular complexity index is 433. The molecule has 0 atom stereocenters. The highest BCUT2D eigenvalue weighted by atomic mass is 35.5. The van der Waals surface area contributed by atoms with Crippen LogP contribution in [0.1, 0.15) is 36.0 Å². The zero-order chi connectivity index (χ0) is 12.6. The van der Waals surface area contributed by atoms with Gasteiger partial charge in [-0.1, -0.05) is 24.1 Å². The molecule has 1 aromatic carbocycles. The SMILES string of the molecule is COc1c(C2(CN)CCC2)cc(C)c(Cl)c1C. The van der Waals surface area contributed by atoms with Gasteiger partial charge in [0, 0.05) is 23.1 Å². The van der Waals surface area contributed by atoms with Gasteiger partial charge in [0.25, 0.3) is 0 Å². The van der Waals surface area contributed by atoms with Crippen molar-refractivity contribution < 1.29 is 4.74 Å². The summed E-state index contributed by atoms with van der Waals surface area (Å²) in [7, 11) is 1.71. The van der Waals surface area contributed by atoms with E-state index in [-0.39, 0.29) is 5.41 Å². The summed E-state index contributed by atoms with van der Waals surface area (Å²) in [4.78, 5) is 0. The predicted molar refractivity (Wildman–Crippen MR) is 72.1 cm³/mol. The van der Waals surface area contributed by atoms with E-state index in [0.717, 1.165) is 34.7 Å². The fraction of sp³-hybridized carbons (Fsp3) is 0.571. The molecule has 1 saturated carbocycles. The molecule has 94 valence electrons. The van der Waals surface area contributed by atoms with Crippen molar-refractivity contribution in [3.8, 4) is 5.75 Å². The summed E-state index contributed by atoms with van der Waals surface area (Å²) in [6, 6.07) is 2.15. The number of hydrogen-bond acceptors (Lipinski definition) is 2. The number of aryl methyl sites for hydroxylation is 1. The van der Waals surface area contributed by atoms with E-state index >= 15 is 0 Å². The maximum Gasteiger partial charge on any atom is 0.127 e. The van der Waals surface area contributed by atoms with Gasteiger partial charge >= 0.3 is 0 Å². The van der Waals surface area contributed by atoms with Crippen molar-refractivity contribution in [1.29, 1.82) is 0 Å². The van der Waals surface area contributed by atoms with Crippen molar-refractivity contribution >= 4 is 11.6 Å². The van der Waals surface area contributed by atoms with Crippen molar-refractivity contribution in [2.75, 3.05) is 13.7 Å². The zero-order valence-corrected chi connectivity index (χ0v) is 11.5. The van der Waals surface area contributed by atoms with Crippen LogP contribution in [0.2, 0.25) is 5.02 Å². The van der Waals surface area contributed by atoms with Crippen LogP contribution in [0.25, 0.3) is 0 Å². The zero-order valence-electron chi connectivity index (χ0n) is 10.8. The van der Waals surface area contributed by atoms with Gasteiger partial charge in [0.2, 0.25) is 0 Å². The largest absolute Gasteiger partial charge is 0.496 e. The fourth-order valence-electron chi connectivity index (χ4n) is 2.79. The van der Waals surface area contributed by atoms with Gasteiger partial charge in [0.1, 0.15) is 5.75 Å². The Kier molecular flexibility index (Phi) is 3.37. The molecular weight excluding hydrogens is 234 g/mol. The van der Waals surface area contributed by atoms with Crippen LogP contribution in [0.5, 0.6) is 5.75 Å². The molecule has 17 heavy (non-hydrogen) atoms. The Labute approximate surface area is 108 Å². The molecule has 3 heteroatoms. The monoisotopic (exact) mass is 253 g/mol. The van der Waals surface area contributed by atoms with Gasteiger partial charge in [0.05, 0.1) is 12.1 Å². The third-order valence-corrected chi connectivity index (χ3v) is 4.68. The van der Waals surface area contributed by atoms with Crippen molar-refractivity contribution in [3.05, 3.63) is 27.8 Å². The van der Waals surface area contributed by atoms with E-state index in [1.54, 1.807) is 7.11 Å². The Balaban J connectivity index is 2.60. The molecule has 2 nitrogen and oxygen atoms in total. The molecule has 0 saturated heterocycles. The van der Waals surface area contributed by atoms with Crippen LogP contribution in [-0.2, 0) is 5.41 Å². The van der Waals surface area contributed by atoms with E-state index in [9.17, 15) is 0 Å². The number of nitrogens with two attached hydrogens (primary N) is 1. The molecule has 0 bridgehead atoms. The molecule has 0 unspecified atom stereocenters. The van der Waals surface area contributed by atoms with Gasteiger partial charge in [-0.15, -0.1) is 0 Å². The average Bonchev–Trinajstić information content (AvgIpc) is 2.26. The van der Waals surface area contributed by atoms with Gasteiger partial charge in [-0.25, -0.2) is 0 Å². The quantitative estimate of drug-likeness (QED) is 0.897. The summed E-state index contributed by atoms with van der Waals surface area (Å²) in [5.74, 6) is 0.922. The lowest BCUT2D eigenvalue weighted by Crippen LogP contribution is -2.42. The highest BCUT2D eigenvalue weighted by molar-refractivity contribution is 6.32. The molecule has 0 aliphatic heterocycles. The van der Waals surface area contributed by atoms with Crippen LogP contribution in [0.3, 0.4) is 0 Å². The number of ether oxygens (including phenoxy) is 1. The highest BCUT2D eigenvalue weighted by Gasteiger charge is 2.40. The van der Waals surface area contributed by atoms with Crippen LogP contribution in [0.15, 0.2) is 6.07 Å². The standard InChI is InChI=1S/C14H20ClNO/c1-9-7-11(14(8-16)5-4-6-14)13(17-3)10(2)12(9)15/h7H,4-6,8,16H2,1-3H3. The Morgan fingerprint density at radius 1 is 1.41 bits per heavy atom. The molecule has 1 aromatic rings. The van der Waals surface area contributed by atoms with Crippen LogP contribution in [0.4, 0.5) is 0 Å². The lowest BCUT2D eigenvalue weighted by Gasteiger charge is -2.42. The summed E-state index contributed by atoms with van der Waals surface area (Å²) >= 11 is 6.28. The second-order valence-electron chi connectivity index (χ2n) is 5.05. The minimum absolute atomic E-state index is 0.117. The summed E-state index contributed by atoms with van der Waals surface area (Å²) in [5, 5.41) is 0.803. The van der Waals surface area contributed by atoms with Gasteiger partial charge in [-0.2, -0.15) is 0 Å². The van der Waals surface area contributed by atoms with Gasteiger partial charge in [-0.3, -0.25) is 0 Å². The van der Waals surface area contributed by atoms with E-state index < -0.39 is 0 Å². The molecule has 0 heterocycles. The fourth-order valence-corrected chi connectivity index (χ4v) is 2.93. The Hall–Kier alpha value is -0.730. The number of rotatable bonds is 3. The maximum atomic E-state index is 6.28. The van der Waals surface area contributed by atoms with E-state index in [4.69, 9.17) is 22.1 Å². The molecule has 0 aromatic heterocycles. The average molecular weight is 254 g/mol. The first-order valence-corrected chi connectivity index (χ1v) is 6.48. The third-order valence-electron chi connectivity index (χ3n) is 4.10. The predicted octanol–water partition coefficient (Wildman–Crippen LogP) is 3.35. The van der Waals surface area contributed by atoms with Crippen molar-refractivity contribution in [2.24, 2.45) is 5.73 Å². The molecule has 2 N–H and O–H groups in total. The van der Waals surface area contributed by atoms with Crippen molar-refractivity contribution in [3.63, 3.8) is 0 Å². The molecular formula is C14H20ClNO. The van der Waals surface area contributed by atoms with Crippen LogP contribution < -0.4 is 10.5 Å². The number of methoxy groups -OCH3 is 1. The topological polar surface area (TPSA) is 35.2 Å². The number of halogens is 1. The molecule has 0 amide bonds. The van der Waals surface area contributed by atoms with E-state index in [1.165, 1.54) is 12.0 Å². The molecule has 1 aliphatic rings. The lowest BCUT2D eigenvalue weighted by atomic mass is 9.64. The summed E-state index contributed by atoms with van der Waals surface area (Å²) < 4.78 is 5.56. The van der Waals surface area contributed by atoms with Crippen molar-refractivity contribution in [2.45, 2.75) is 38.5 Å². The van der Waals surface area contributed by atoms with Gasteiger partial charge < -0.3 is 10.5 Å². The van der Waals surface area contributed by atoms with E-state index in [1.807, 2.05) is 13.8 Å². The van der Waals surface area contributed by atoms with E-state index in [0.29, 0.717) is 6.54 Å². The van der Waals surface area contributed by atoms with Crippen LogP contribution in [0, 0.1) is 13.8 Å². The van der Waals surface area contributed by atoms with Crippen molar-refractivity contribution in [1.82, 2.24) is 0 Å². The number of hydrogen-bond donors (Lipinski definition) is 1. The Morgan fingerprint density at radius 2 is 2.06 bits per heavy atom.